The van der Waals surface area contributed by atoms with Crippen LogP contribution < -0.4 is 10.6 Å². The van der Waals surface area contributed by atoms with E-state index in [0.717, 1.165) is 42.1 Å². The molecule has 27 heavy (non-hydrogen) atoms. The zero-order chi connectivity index (χ0) is 18.8. The van der Waals surface area contributed by atoms with Crippen molar-refractivity contribution in [2.24, 2.45) is 4.99 Å². The fraction of sp³-hybridized carbons (Fsp3) is 0.500. The van der Waals surface area contributed by atoms with Crippen LogP contribution in [-0.2, 0) is 13.0 Å². The number of nitrogens with zero attached hydrogens (tertiary/aromatic N) is 4. The van der Waals surface area contributed by atoms with Crippen LogP contribution in [0.2, 0.25) is 5.02 Å². The molecule has 0 saturated carbocycles. The highest BCUT2D eigenvalue weighted by Crippen LogP contribution is 2.19. The number of hydrogen-bond acceptors (Lipinski definition) is 4. The van der Waals surface area contributed by atoms with Gasteiger partial charge < -0.3 is 15.2 Å². The van der Waals surface area contributed by atoms with Gasteiger partial charge in [-0.2, -0.15) is 0 Å². The molecule has 150 valence electrons. The van der Waals surface area contributed by atoms with Crippen LogP contribution in [0.15, 0.2) is 40.5 Å². The lowest BCUT2D eigenvalue weighted by Gasteiger charge is -2.15. The number of aryl methyl sites for hydroxylation is 1. The molecule has 0 spiro atoms. The van der Waals surface area contributed by atoms with Gasteiger partial charge in [0.25, 0.3) is 0 Å². The lowest BCUT2D eigenvalue weighted by molar-refractivity contribution is 0.653. The zero-order valence-electron chi connectivity index (χ0n) is 16.0. The zero-order valence-corrected chi connectivity index (χ0v) is 19.9. The van der Waals surface area contributed by atoms with Crippen molar-refractivity contribution in [3.8, 4) is 0 Å². The standard InChI is InChI=1S/C18H27ClN6S.HI/c1-4-17-24-22-13-25(17)11-9-20-18(23-14(2)3)21-10-12-26-16-7-5-15(19)6-8-16;/h5-8,13-14H,4,9-12H2,1-3H3,(H2,20,21,23);1H. The van der Waals surface area contributed by atoms with Crippen LogP contribution in [0.25, 0.3) is 0 Å². The third-order valence-corrected chi connectivity index (χ3v) is 4.79. The van der Waals surface area contributed by atoms with E-state index in [2.05, 4.69) is 46.6 Å². The van der Waals surface area contributed by atoms with Crippen molar-refractivity contribution < 1.29 is 0 Å². The summed E-state index contributed by atoms with van der Waals surface area (Å²) in [4.78, 5) is 5.88. The van der Waals surface area contributed by atoms with Crippen molar-refractivity contribution >= 4 is 53.3 Å². The van der Waals surface area contributed by atoms with Gasteiger partial charge in [0.15, 0.2) is 5.96 Å². The third-order valence-electron chi connectivity index (χ3n) is 3.53. The van der Waals surface area contributed by atoms with Crippen molar-refractivity contribution in [1.82, 2.24) is 25.4 Å². The number of aromatic nitrogens is 3. The molecule has 9 heteroatoms. The fourth-order valence-corrected chi connectivity index (χ4v) is 3.20. The Morgan fingerprint density at radius 3 is 2.70 bits per heavy atom. The normalized spacial score (nSPS) is 11.4. The molecule has 0 fully saturated rings. The molecule has 0 aliphatic rings. The lowest BCUT2D eigenvalue weighted by Crippen LogP contribution is -2.42. The van der Waals surface area contributed by atoms with E-state index >= 15 is 0 Å². The van der Waals surface area contributed by atoms with Gasteiger partial charge in [0.2, 0.25) is 0 Å². The van der Waals surface area contributed by atoms with Crippen LogP contribution >= 0.6 is 47.3 Å². The summed E-state index contributed by atoms with van der Waals surface area (Å²) in [7, 11) is 0. The summed E-state index contributed by atoms with van der Waals surface area (Å²) in [5.41, 5.74) is 0. The SMILES string of the molecule is CCc1nncn1CCN=C(NCCSc1ccc(Cl)cc1)NC(C)C.I. The molecule has 2 rings (SSSR count). The summed E-state index contributed by atoms with van der Waals surface area (Å²) in [5.74, 6) is 2.78. The Bertz CT molecular complexity index is 689. The molecule has 0 amide bonds. The van der Waals surface area contributed by atoms with Gasteiger partial charge in [0.05, 0.1) is 6.54 Å². The first-order chi connectivity index (χ1) is 12.6. The fourth-order valence-electron chi connectivity index (χ4n) is 2.30. The number of guanidine groups is 1. The third kappa shape index (κ3) is 9.16. The Labute approximate surface area is 188 Å². The predicted molar refractivity (Wildman–Crippen MR) is 126 cm³/mol. The number of rotatable bonds is 9. The summed E-state index contributed by atoms with van der Waals surface area (Å²) >= 11 is 7.70. The predicted octanol–water partition coefficient (Wildman–Crippen LogP) is 3.85. The summed E-state index contributed by atoms with van der Waals surface area (Å²) in [5, 5.41) is 15.6. The van der Waals surface area contributed by atoms with Crippen molar-refractivity contribution in [2.45, 2.75) is 44.7 Å². The van der Waals surface area contributed by atoms with Crippen molar-refractivity contribution in [1.29, 1.82) is 0 Å². The molecule has 0 radical (unpaired) electrons. The number of halogens is 2. The van der Waals surface area contributed by atoms with Gasteiger partial charge in [0, 0.05) is 41.2 Å². The average Bonchev–Trinajstić information content (AvgIpc) is 3.07. The van der Waals surface area contributed by atoms with E-state index in [0.29, 0.717) is 12.6 Å². The van der Waals surface area contributed by atoms with Gasteiger partial charge in [-0.3, -0.25) is 4.99 Å². The highest BCUT2D eigenvalue weighted by molar-refractivity contribution is 14.0. The van der Waals surface area contributed by atoms with E-state index in [4.69, 9.17) is 11.6 Å². The second-order valence-electron chi connectivity index (χ2n) is 6.05. The molecule has 0 aliphatic heterocycles. The van der Waals surface area contributed by atoms with Crippen LogP contribution in [0.4, 0.5) is 0 Å². The van der Waals surface area contributed by atoms with Crippen LogP contribution in [-0.4, -0.2) is 45.6 Å². The summed E-state index contributed by atoms with van der Waals surface area (Å²) in [6, 6.07) is 8.24. The van der Waals surface area contributed by atoms with E-state index in [9.17, 15) is 0 Å². The van der Waals surface area contributed by atoms with Crippen LogP contribution in [0, 0.1) is 0 Å². The Morgan fingerprint density at radius 2 is 2.04 bits per heavy atom. The van der Waals surface area contributed by atoms with Gasteiger partial charge in [-0.1, -0.05) is 18.5 Å². The monoisotopic (exact) mass is 522 g/mol. The minimum Gasteiger partial charge on any atom is -0.356 e. The van der Waals surface area contributed by atoms with Crippen LogP contribution in [0.3, 0.4) is 0 Å². The van der Waals surface area contributed by atoms with Gasteiger partial charge >= 0.3 is 0 Å². The molecule has 0 saturated heterocycles. The van der Waals surface area contributed by atoms with Gasteiger partial charge in [-0.25, -0.2) is 0 Å². The molecule has 2 aromatic rings. The van der Waals surface area contributed by atoms with E-state index in [-0.39, 0.29) is 24.0 Å². The minimum absolute atomic E-state index is 0. The quantitative estimate of drug-likeness (QED) is 0.172. The minimum atomic E-state index is 0. The lowest BCUT2D eigenvalue weighted by atomic mass is 10.4. The number of benzene rings is 1. The van der Waals surface area contributed by atoms with Crippen molar-refractivity contribution in [2.75, 3.05) is 18.8 Å². The Hall–Kier alpha value is -1.000. The highest BCUT2D eigenvalue weighted by atomic mass is 127. The molecule has 0 aliphatic carbocycles. The second-order valence-corrected chi connectivity index (χ2v) is 7.66. The molecule has 0 bridgehead atoms. The molecule has 0 unspecified atom stereocenters. The van der Waals surface area contributed by atoms with Crippen molar-refractivity contribution in [3.63, 3.8) is 0 Å². The Morgan fingerprint density at radius 1 is 1.30 bits per heavy atom. The first kappa shape index (κ1) is 24.0. The van der Waals surface area contributed by atoms with Crippen LogP contribution in [0.1, 0.15) is 26.6 Å². The summed E-state index contributed by atoms with van der Waals surface area (Å²) < 4.78 is 2.05. The maximum atomic E-state index is 5.91. The number of thioether (sulfide) groups is 1. The average molecular weight is 523 g/mol. The van der Waals surface area contributed by atoms with E-state index in [1.165, 1.54) is 4.90 Å². The molecular weight excluding hydrogens is 495 g/mol. The first-order valence-electron chi connectivity index (χ1n) is 8.88. The van der Waals surface area contributed by atoms with Gasteiger partial charge in [-0.15, -0.1) is 45.9 Å². The number of nitrogens with one attached hydrogen (secondary N) is 2. The second kappa shape index (κ2) is 13.2. The Kier molecular flexibility index (Phi) is 11.8. The van der Waals surface area contributed by atoms with Gasteiger partial charge in [-0.05, 0) is 38.1 Å². The molecule has 1 aromatic heterocycles. The molecular formula is C18H28ClIN6S. The molecule has 2 N–H and O–H groups in total. The van der Waals surface area contributed by atoms with E-state index < -0.39 is 0 Å². The van der Waals surface area contributed by atoms with Crippen molar-refractivity contribution in [3.05, 3.63) is 41.4 Å². The van der Waals surface area contributed by atoms with Gasteiger partial charge in [0.1, 0.15) is 12.2 Å². The van der Waals surface area contributed by atoms with Crippen LogP contribution in [0.5, 0.6) is 0 Å². The smallest absolute Gasteiger partial charge is 0.191 e. The Balaban J connectivity index is 0.00000364. The first-order valence-corrected chi connectivity index (χ1v) is 10.2. The molecule has 6 nitrogen and oxygen atoms in total. The number of hydrogen-bond donors (Lipinski definition) is 2. The highest BCUT2D eigenvalue weighted by Gasteiger charge is 2.03. The van der Waals surface area contributed by atoms with E-state index in [1.54, 1.807) is 18.1 Å². The number of aliphatic imine (C=N–C) groups is 1. The van der Waals surface area contributed by atoms with E-state index in [1.807, 2.05) is 28.8 Å². The summed E-state index contributed by atoms with van der Waals surface area (Å²) in [6.45, 7) is 8.58. The topological polar surface area (TPSA) is 67.1 Å². The summed E-state index contributed by atoms with van der Waals surface area (Å²) in [6.07, 6.45) is 2.64. The largest absolute Gasteiger partial charge is 0.356 e. The molecule has 1 heterocycles. The maximum Gasteiger partial charge on any atom is 0.191 e. The maximum absolute atomic E-state index is 5.91. The molecule has 1 aromatic carbocycles. The molecule has 0 atom stereocenters.